The van der Waals surface area contributed by atoms with Crippen LogP contribution >= 0.6 is 0 Å². The van der Waals surface area contributed by atoms with Crippen molar-refractivity contribution >= 4 is 10.0 Å². The lowest BCUT2D eigenvalue weighted by Crippen LogP contribution is -2.31. The van der Waals surface area contributed by atoms with Gasteiger partial charge in [-0.3, -0.25) is 5.10 Å². The van der Waals surface area contributed by atoms with E-state index in [1.165, 1.54) is 0 Å². The zero-order valence-corrected chi connectivity index (χ0v) is 10.8. The van der Waals surface area contributed by atoms with E-state index in [9.17, 15) is 8.42 Å². The summed E-state index contributed by atoms with van der Waals surface area (Å²) in [4.78, 5) is 0.246. The molecule has 7 heteroatoms. The minimum absolute atomic E-state index is 0.137. The smallest absolute Gasteiger partial charge is 0.244 e. The first-order valence-electron chi connectivity index (χ1n) is 5.09. The summed E-state index contributed by atoms with van der Waals surface area (Å²) in [5.41, 5.74) is 1.06. The Morgan fingerprint density at radius 1 is 1.44 bits per heavy atom. The molecule has 16 heavy (non-hydrogen) atoms. The molecule has 0 aliphatic rings. The number of hydrogen-bond acceptors (Lipinski definition) is 4. The summed E-state index contributed by atoms with van der Waals surface area (Å²) in [6.07, 6.45) is 0. The number of hydrogen-bond donors (Lipinski definition) is 3. The Bertz CT molecular complexity index is 450. The summed E-state index contributed by atoms with van der Waals surface area (Å²) in [6, 6.07) is -0.137. The second-order valence-corrected chi connectivity index (χ2v) is 5.58. The predicted octanol–water partition coefficient (Wildman–Crippen LogP) is 0.124. The normalized spacial score (nSPS) is 12.3. The molecule has 3 N–H and O–H groups in total. The molecule has 6 nitrogen and oxygen atoms in total. The number of aromatic nitrogens is 2. The van der Waals surface area contributed by atoms with Crippen molar-refractivity contribution in [1.29, 1.82) is 0 Å². The molecule has 0 aromatic carbocycles. The van der Waals surface area contributed by atoms with Crippen molar-refractivity contribution in [3.63, 3.8) is 0 Å². The van der Waals surface area contributed by atoms with Crippen LogP contribution in [0.1, 0.15) is 25.2 Å². The lowest BCUT2D eigenvalue weighted by atomic mass is 10.4. The van der Waals surface area contributed by atoms with Crippen LogP contribution < -0.4 is 10.0 Å². The van der Waals surface area contributed by atoms with Gasteiger partial charge in [0.25, 0.3) is 0 Å². The zero-order valence-electron chi connectivity index (χ0n) is 9.96. The number of nitrogens with one attached hydrogen (secondary N) is 3. The van der Waals surface area contributed by atoms with Crippen LogP contribution in [0.2, 0.25) is 0 Å². The maximum absolute atomic E-state index is 12.0. The van der Waals surface area contributed by atoms with Gasteiger partial charge < -0.3 is 5.32 Å². The summed E-state index contributed by atoms with van der Waals surface area (Å²) in [5, 5.41) is 9.55. The van der Waals surface area contributed by atoms with Gasteiger partial charge >= 0.3 is 0 Å². The van der Waals surface area contributed by atoms with Crippen molar-refractivity contribution in [2.24, 2.45) is 0 Å². The Morgan fingerprint density at radius 2 is 2.06 bits per heavy atom. The molecule has 0 amide bonds. The van der Waals surface area contributed by atoms with E-state index in [1.54, 1.807) is 27.8 Å². The van der Waals surface area contributed by atoms with Crippen molar-refractivity contribution in [2.45, 2.75) is 38.3 Å². The Morgan fingerprint density at radius 3 is 2.56 bits per heavy atom. The maximum atomic E-state index is 12.0. The zero-order chi connectivity index (χ0) is 12.3. The fraction of sp³-hybridized carbons (Fsp3) is 0.667. The summed E-state index contributed by atoms with van der Waals surface area (Å²) in [6.45, 7) is 5.68. The van der Waals surface area contributed by atoms with E-state index in [4.69, 9.17) is 0 Å². The Labute approximate surface area is 95.9 Å². The Hall–Kier alpha value is -0.920. The number of rotatable bonds is 5. The van der Waals surface area contributed by atoms with Gasteiger partial charge in [0.05, 0.1) is 11.4 Å². The van der Waals surface area contributed by atoms with Crippen LogP contribution in [0.4, 0.5) is 0 Å². The number of aryl methyl sites for hydroxylation is 1. The van der Waals surface area contributed by atoms with Gasteiger partial charge in [0.15, 0.2) is 0 Å². The standard InChI is InChI=1S/C9H18N4O2S/c1-6(2)13-16(14,15)9-7(3)11-12-8(9)5-10-4/h6,10,13H,5H2,1-4H3,(H,11,12). The van der Waals surface area contributed by atoms with Crippen molar-refractivity contribution in [2.75, 3.05) is 7.05 Å². The van der Waals surface area contributed by atoms with E-state index in [1.807, 2.05) is 0 Å². The first-order chi connectivity index (χ1) is 7.38. The molecule has 0 fully saturated rings. The minimum atomic E-state index is -3.48. The molecule has 1 rings (SSSR count). The highest BCUT2D eigenvalue weighted by Gasteiger charge is 2.24. The lowest BCUT2D eigenvalue weighted by molar-refractivity contribution is 0.567. The van der Waals surface area contributed by atoms with Gasteiger partial charge in [-0.1, -0.05) is 0 Å². The van der Waals surface area contributed by atoms with Crippen molar-refractivity contribution in [1.82, 2.24) is 20.2 Å². The fourth-order valence-electron chi connectivity index (χ4n) is 1.48. The van der Waals surface area contributed by atoms with E-state index < -0.39 is 10.0 Å². The molecular formula is C9H18N4O2S. The maximum Gasteiger partial charge on any atom is 0.244 e. The van der Waals surface area contributed by atoms with Gasteiger partial charge in [0.2, 0.25) is 10.0 Å². The van der Waals surface area contributed by atoms with Gasteiger partial charge in [-0.05, 0) is 27.8 Å². The largest absolute Gasteiger partial charge is 0.314 e. The monoisotopic (exact) mass is 246 g/mol. The Kier molecular flexibility index (Phi) is 4.06. The summed E-state index contributed by atoms with van der Waals surface area (Å²) >= 11 is 0. The molecule has 1 aromatic heterocycles. The van der Waals surface area contributed by atoms with Crippen LogP contribution in [0.15, 0.2) is 4.90 Å². The molecule has 1 heterocycles. The molecule has 1 aromatic rings. The predicted molar refractivity (Wildman–Crippen MR) is 61.5 cm³/mol. The second-order valence-electron chi connectivity index (χ2n) is 3.93. The van der Waals surface area contributed by atoms with Gasteiger partial charge in [-0.2, -0.15) is 5.10 Å². The van der Waals surface area contributed by atoms with Gasteiger partial charge in [-0.15, -0.1) is 0 Å². The average molecular weight is 246 g/mol. The summed E-state index contributed by atoms with van der Waals surface area (Å²) in [7, 11) is -1.74. The van der Waals surface area contributed by atoms with E-state index >= 15 is 0 Å². The third-order valence-electron chi connectivity index (χ3n) is 1.97. The third kappa shape index (κ3) is 2.81. The fourth-order valence-corrected chi connectivity index (χ4v) is 3.10. The summed E-state index contributed by atoms with van der Waals surface area (Å²) in [5.74, 6) is 0. The molecule has 0 spiro atoms. The SMILES string of the molecule is CNCc1n[nH]c(C)c1S(=O)(=O)NC(C)C. The highest BCUT2D eigenvalue weighted by atomic mass is 32.2. The Balaban J connectivity index is 3.15. The van der Waals surface area contributed by atoms with Crippen molar-refractivity contribution in [3.8, 4) is 0 Å². The van der Waals surface area contributed by atoms with Crippen LogP contribution in [-0.2, 0) is 16.6 Å². The van der Waals surface area contributed by atoms with E-state index in [0.717, 1.165) is 0 Å². The third-order valence-corrected chi connectivity index (χ3v) is 3.83. The van der Waals surface area contributed by atoms with Gasteiger partial charge in [0.1, 0.15) is 4.90 Å². The van der Waals surface area contributed by atoms with E-state index in [-0.39, 0.29) is 10.9 Å². The number of aromatic amines is 1. The van der Waals surface area contributed by atoms with Crippen LogP contribution in [-0.4, -0.2) is 31.7 Å². The lowest BCUT2D eigenvalue weighted by Gasteiger charge is -2.10. The quantitative estimate of drug-likeness (QED) is 0.689. The molecule has 0 bridgehead atoms. The number of nitrogens with zero attached hydrogens (tertiary/aromatic N) is 1. The highest BCUT2D eigenvalue weighted by molar-refractivity contribution is 7.89. The van der Waals surface area contributed by atoms with Crippen LogP contribution in [0.5, 0.6) is 0 Å². The highest BCUT2D eigenvalue weighted by Crippen LogP contribution is 2.17. The van der Waals surface area contributed by atoms with Crippen molar-refractivity contribution in [3.05, 3.63) is 11.4 Å². The molecule has 0 atom stereocenters. The average Bonchev–Trinajstić information content (AvgIpc) is 2.46. The van der Waals surface area contributed by atoms with Crippen molar-refractivity contribution < 1.29 is 8.42 Å². The molecular weight excluding hydrogens is 228 g/mol. The van der Waals surface area contributed by atoms with Crippen LogP contribution in [0, 0.1) is 6.92 Å². The number of H-pyrrole nitrogens is 1. The van der Waals surface area contributed by atoms with E-state index in [0.29, 0.717) is 17.9 Å². The van der Waals surface area contributed by atoms with E-state index in [2.05, 4.69) is 20.2 Å². The second kappa shape index (κ2) is 4.94. The molecule has 0 aliphatic heterocycles. The molecule has 0 saturated carbocycles. The molecule has 92 valence electrons. The van der Waals surface area contributed by atoms with Gasteiger partial charge in [0, 0.05) is 12.6 Å². The molecule has 0 radical (unpaired) electrons. The molecule has 0 saturated heterocycles. The number of sulfonamides is 1. The minimum Gasteiger partial charge on any atom is -0.314 e. The first-order valence-corrected chi connectivity index (χ1v) is 6.57. The molecule has 0 aliphatic carbocycles. The topological polar surface area (TPSA) is 86.9 Å². The van der Waals surface area contributed by atoms with Gasteiger partial charge in [-0.25, -0.2) is 13.1 Å². The van der Waals surface area contributed by atoms with Crippen LogP contribution in [0.3, 0.4) is 0 Å². The first kappa shape index (κ1) is 13.1. The summed E-state index contributed by atoms with van der Waals surface area (Å²) < 4.78 is 26.6. The van der Waals surface area contributed by atoms with Crippen LogP contribution in [0.25, 0.3) is 0 Å². The molecule has 0 unspecified atom stereocenters.